The van der Waals surface area contributed by atoms with Gasteiger partial charge in [-0.1, -0.05) is 72.6 Å². The molecule has 0 fully saturated rings. The third kappa shape index (κ3) is 6.56. The van der Waals surface area contributed by atoms with Crippen molar-refractivity contribution in [3.63, 3.8) is 0 Å². The van der Waals surface area contributed by atoms with Crippen LogP contribution in [0.1, 0.15) is 11.1 Å². The van der Waals surface area contributed by atoms with Gasteiger partial charge in [0.1, 0.15) is 16.1 Å². The van der Waals surface area contributed by atoms with Crippen molar-refractivity contribution < 1.29 is 0 Å². The molecule has 2 radical (unpaired) electrons. The second kappa shape index (κ2) is 14.5. The van der Waals surface area contributed by atoms with Crippen molar-refractivity contribution in [2.75, 3.05) is 0 Å². The van der Waals surface area contributed by atoms with Crippen LogP contribution in [0.15, 0.2) is 137 Å². The van der Waals surface area contributed by atoms with Crippen LogP contribution in [0.4, 0.5) is 0 Å². The van der Waals surface area contributed by atoms with E-state index in [1.54, 1.807) is 0 Å². The van der Waals surface area contributed by atoms with Crippen LogP contribution in [0.25, 0.3) is 43.1 Å². The topological polar surface area (TPSA) is 0 Å². The lowest BCUT2D eigenvalue weighted by atomic mass is 9.89. The van der Waals surface area contributed by atoms with E-state index in [2.05, 4.69) is 123 Å². The van der Waals surface area contributed by atoms with Crippen LogP contribution in [-0.4, -0.2) is 16.1 Å². The minimum absolute atomic E-state index is 0.885. The van der Waals surface area contributed by atoms with Gasteiger partial charge in [-0.25, -0.2) is 0 Å². The third-order valence-electron chi connectivity index (χ3n) is 8.84. The van der Waals surface area contributed by atoms with Gasteiger partial charge >= 0.3 is 0 Å². The Morgan fingerprint density at radius 2 is 0.783 bits per heavy atom. The predicted octanol–water partition coefficient (Wildman–Crippen LogP) is 11.7. The summed E-state index contributed by atoms with van der Waals surface area (Å²) in [5, 5.41) is 9.03. The van der Waals surface area contributed by atoms with Crippen molar-refractivity contribution in [2.24, 2.45) is 0 Å². The molecule has 0 aliphatic rings. The zero-order valence-electron chi connectivity index (χ0n) is 26.7. The second-order valence-electron chi connectivity index (χ2n) is 12.1. The fraction of sp³-hybridized carbons (Fsp3) is 0.136. The van der Waals surface area contributed by atoms with Crippen LogP contribution >= 0.6 is 0 Å². The van der Waals surface area contributed by atoms with Crippen LogP contribution in [0.5, 0.6) is 0 Å². The van der Waals surface area contributed by atoms with Crippen LogP contribution in [-0.2, 0) is 0 Å². The highest BCUT2D eigenvalue weighted by Crippen LogP contribution is 2.38. The van der Waals surface area contributed by atoms with Crippen molar-refractivity contribution in [2.45, 2.75) is 36.3 Å². The van der Waals surface area contributed by atoms with Crippen LogP contribution < -0.4 is 0 Å². The zero-order chi connectivity index (χ0) is 32.6. The van der Waals surface area contributed by atoms with E-state index < -0.39 is 16.1 Å². The van der Waals surface area contributed by atoms with Crippen molar-refractivity contribution in [1.29, 1.82) is 0 Å². The molecule has 5 aromatic rings. The molecule has 0 atom stereocenters. The third-order valence-corrected chi connectivity index (χ3v) is 16.6. The molecule has 0 aliphatic heterocycles. The summed E-state index contributed by atoms with van der Waals surface area (Å²) in [6.07, 6.45) is 12.1. The summed E-state index contributed by atoms with van der Waals surface area (Å²) in [5.41, 5.74) is 9.79. The van der Waals surface area contributed by atoms with Crippen LogP contribution in [0.2, 0.25) is 36.3 Å². The molecule has 5 rings (SSSR count). The molecule has 0 saturated carbocycles. The number of hydrogen-bond donors (Lipinski definition) is 0. The van der Waals surface area contributed by atoms with Gasteiger partial charge in [0.15, 0.2) is 0 Å². The van der Waals surface area contributed by atoms with Gasteiger partial charge in [-0.15, -0.1) is 50.6 Å². The predicted molar refractivity (Wildman–Crippen MR) is 209 cm³/mol. The summed E-state index contributed by atoms with van der Waals surface area (Å²) in [6, 6.07) is 33.3. The Morgan fingerprint density at radius 3 is 1.09 bits per heavy atom. The smallest absolute Gasteiger partial charge is 0.125 e. The minimum atomic E-state index is -2.12. The van der Waals surface area contributed by atoms with E-state index in [1.807, 2.05) is 48.6 Å². The van der Waals surface area contributed by atoms with E-state index in [1.165, 1.54) is 0 Å². The van der Waals surface area contributed by atoms with E-state index >= 15 is 0 Å². The van der Waals surface area contributed by atoms with E-state index in [-0.39, 0.29) is 0 Å². The highest BCUT2D eigenvalue weighted by Gasteiger charge is 2.28. The number of benzene rings is 5. The first kappa shape index (κ1) is 32.5. The Balaban J connectivity index is 1.98. The molecule has 2 heteroatoms. The normalized spacial score (nSPS) is 11.3. The van der Waals surface area contributed by atoms with E-state index in [0.717, 1.165) is 90.5 Å². The highest BCUT2D eigenvalue weighted by molar-refractivity contribution is 6.89. The summed E-state index contributed by atoms with van der Waals surface area (Å²) in [4.78, 5) is 0. The molecule has 0 amide bonds. The fourth-order valence-electron chi connectivity index (χ4n) is 6.60. The summed E-state index contributed by atoms with van der Waals surface area (Å²) < 4.78 is 0. The molecule has 5 aromatic carbocycles. The van der Waals surface area contributed by atoms with Gasteiger partial charge in [-0.3, -0.25) is 0 Å². The van der Waals surface area contributed by atoms with Crippen LogP contribution in [0, 0.1) is 35.1 Å². The maximum atomic E-state index is 4.09. The van der Waals surface area contributed by atoms with Gasteiger partial charge < -0.3 is 0 Å². The maximum Gasteiger partial charge on any atom is 0.149 e. The first-order valence-electron chi connectivity index (χ1n) is 15.8. The Morgan fingerprint density at radius 1 is 0.478 bits per heavy atom. The molecule has 0 spiro atoms. The molecule has 224 valence electrons. The molecule has 0 unspecified atom stereocenters. The van der Waals surface area contributed by atoms with Gasteiger partial charge in [-0.05, 0) is 128 Å². The van der Waals surface area contributed by atoms with Crippen molar-refractivity contribution >= 4 is 59.2 Å². The fourth-order valence-corrected chi connectivity index (χ4v) is 12.3. The SMILES string of the molecule is C=CC[Si](C#Cc1c2cc3c[c]ccc3cc2c(C#C[Si](CC=C)(CC=C)CC=C)c2cc3cc[c]cc3cc12)(CC=C)CC=C. The summed E-state index contributed by atoms with van der Waals surface area (Å²) in [5.74, 6) is 7.57. The van der Waals surface area contributed by atoms with Gasteiger partial charge in [0.25, 0.3) is 0 Å². The van der Waals surface area contributed by atoms with E-state index in [0.29, 0.717) is 0 Å². The minimum Gasteiger partial charge on any atom is -0.125 e. The molecule has 0 saturated heterocycles. The Hall–Kier alpha value is -4.87. The van der Waals surface area contributed by atoms with Crippen LogP contribution in [0.3, 0.4) is 0 Å². The molecular weight excluding hydrogens is 585 g/mol. The summed E-state index contributed by atoms with van der Waals surface area (Å²) in [6.45, 7) is 24.5. The standard InChI is InChI=1S/C44H40Si2/c1-7-23-45(24-8-2,25-9-3)29-21-39-41-31-35-17-13-15-19-37(35)33-43(41)40(22-30-46(26-10-4,27-11-5)28-12-6)44-34-38-20-16-14-18-36(38)32-42(39)44/h7-14,17-20,31-34H,1-6,23-28H2. The number of allylic oxidation sites excluding steroid dienone is 6. The lowest BCUT2D eigenvalue weighted by Gasteiger charge is -2.22. The lowest BCUT2D eigenvalue weighted by molar-refractivity contribution is 1.40. The average Bonchev–Trinajstić information content (AvgIpc) is 3.05. The first-order valence-corrected chi connectivity index (χ1v) is 21.0. The quantitative estimate of drug-likeness (QED) is 0.0561. The molecule has 0 heterocycles. The van der Waals surface area contributed by atoms with E-state index in [4.69, 9.17) is 0 Å². The molecule has 0 bridgehead atoms. The average molecular weight is 625 g/mol. The van der Waals surface area contributed by atoms with Gasteiger partial charge in [0.2, 0.25) is 0 Å². The van der Waals surface area contributed by atoms with Crippen molar-refractivity contribution in [1.82, 2.24) is 0 Å². The maximum absolute atomic E-state index is 4.09. The van der Waals surface area contributed by atoms with Crippen molar-refractivity contribution in [3.05, 3.63) is 160 Å². The lowest BCUT2D eigenvalue weighted by Crippen LogP contribution is -2.30. The molecule has 46 heavy (non-hydrogen) atoms. The molecule has 0 aromatic heterocycles. The largest absolute Gasteiger partial charge is 0.149 e. The molecule has 0 N–H and O–H groups in total. The second-order valence-corrected chi connectivity index (χ2v) is 20.2. The number of hydrogen-bond acceptors (Lipinski definition) is 0. The Labute approximate surface area is 277 Å². The monoisotopic (exact) mass is 624 g/mol. The van der Waals surface area contributed by atoms with Crippen molar-refractivity contribution in [3.8, 4) is 22.9 Å². The Bertz CT molecular complexity index is 1830. The highest BCUT2D eigenvalue weighted by atomic mass is 28.3. The molecule has 0 aliphatic carbocycles. The zero-order valence-corrected chi connectivity index (χ0v) is 28.7. The summed E-state index contributed by atoms with van der Waals surface area (Å²) in [7, 11) is -4.24. The Kier molecular flexibility index (Phi) is 10.2. The molecule has 0 nitrogen and oxygen atoms in total. The molecular formula is C44H40Si2. The number of fused-ring (bicyclic) bond motifs is 4. The first-order chi connectivity index (χ1) is 22.5. The van der Waals surface area contributed by atoms with Gasteiger partial charge in [0, 0.05) is 11.1 Å². The van der Waals surface area contributed by atoms with Gasteiger partial charge in [-0.2, -0.15) is 0 Å². The van der Waals surface area contributed by atoms with Gasteiger partial charge in [0.05, 0.1) is 0 Å². The summed E-state index contributed by atoms with van der Waals surface area (Å²) >= 11 is 0. The van der Waals surface area contributed by atoms with E-state index in [9.17, 15) is 0 Å². The number of rotatable bonds is 12.